The molecule has 0 spiro atoms. The van der Waals surface area contributed by atoms with Crippen LogP contribution in [-0.2, 0) is 10.8 Å². The molecule has 0 unspecified atom stereocenters. The molecule has 0 fully saturated rings. The Morgan fingerprint density at radius 3 is 1.90 bits per heavy atom. The zero-order chi connectivity index (χ0) is 29.1. The van der Waals surface area contributed by atoms with Crippen LogP contribution in [0.4, 0.5) is 0 Å². The van der Waals surface area contributed by atoms with Gasteiger partial charge in [-0.3, -0.25) is 0 Å². The van der Waals surface area contributed by atoms with Crippen LogP contribution in [-0.4, -0.2) is 0 Å². The second kappa shape index (κ2) is 10.2. The largest absolute Gasteiger partial charge is 0.0843 e. The van der Waals surface area contributed by atoms with Gasteiger partial charge in [-0.1, -0.05) is 125 Å². The van der Waals surface area contributed by atoms with Crippen LogP contribution in [0.1, 0.15) is 81.3 Å². The number of hydrogen-bond donors (Lipinski definition) is 0. The molecule has 4 aromatic rings. The Balaban J connectivity index is 1.91. The molecule has 206 valence electrons. The average Bonchev–Trinajstić information content (AvgIpc) is 3.55. The zero-order valence-electron chi connectivity index (χ0n) is 24.7. The molecular weight excluding hydrogens is 539 g/mol. The van der Waals surface area contributed by atoms with Crippen LogP contribution in [0.3, 0.4) is 0 Å². The average molecular weight is 576 g/mol. The molecular formula is C39H36Cl2. The lowest BCUT2D eigenvalue weighted by Gasteiger charge is -2.26. The van der Waals surface area contributed by atoms with Crippen LogP contribution in [0.15, 0.2) is 91.0 Å². The number of fused-ring (bicyclic) bond motifs is 2. The quantitative estimate of drug-likeness (QED) is 0.201. The van der Waals surface area contributed by atoms with Crippen molar-refractivity contribution < 1.29 is 0 Å². The summed E-state index contributed by atoms with van der Waals surface area (Å²) in [6.45, 7) is 13.8. The molecule has 0 aliphatic heterocycles. The summed E-state index contributed by atoms with van der Waals surface area (Å²) in [5, 5.41) is 6.62. The fraction of sp³-hybridized carbons (Fsp3) is 0.231. The topological polar surface area (TPSA) is 0 Å². The second-order valence-corrected chi connectivity index (χ2v) is 14.2. The maximum absolute atomic E-state index is 6.63. The van der Waals surface area contributed by atoms with Crippen LogP contribution in [0, 0.1) is 10.4 Å². The van der Waals surface area contributed by atoms with Crippen molar-refractivity contribution in [1.82, 2.24) is 0 Å². The van der Waals surface area contributed by atoms with Gasteiger partial charge in [-0.15, -0.1) is 0 Å². The van der Waals surface area contributed by atoms with E-state index in [1.54, 1.807) is 0 Å². The highest BCUT2D eigenvalue weighted by Gasteiger charge is 2.26. The first-order valence-electron chi connectivity index (χ1n) is 14.4. The van der Waals surface area contributed by atoms with E-state index in [4.69, 9.17) is 23.2 Å². The van der Waals surface area contributed by atoms with Crippen LogP contribution in [0.2, 0.25) is 10.0 Å². The number of rotatable bonds is 3. The Hall–Kier alpha value is -3.32. The lowest BCUT2D eigenvalue weighted by Crippen LogP contribution is -2.29. The van der Waals surface area contributed by atoms with Crippen LogP contribution in [0.25, 0.3) is 17.2 Å². The Morgan fingerprint density at radius 1 is 0.707 bits per heavy atom. The predicted octanol–water partition coefficient (Wildman–Crippen LogP) is 9.61. The summed E-state index contributed by atoms with van der Waals surface area (Å²) < 4.78 is 0. The van der Waals surface area contributed by atoms with Gasteiger partial charge in [0.25, 0.3) is 0 Å². The molecule has 0 heterocycles. The Labute approximate surface area is 253 Å². The normalized spacial score (nSPS) is 14.0. The molecule has 0 N–H and O–H groups in total. The fourth-order valence-corrected chi connectivity index (χ4v) is 6.55. The smallest absolute Gasteiger partial charge is 0.0412 e. The molecule has 0 saturated heterocycles. The first-order chi connectivity index (χ1) is 19.4. The van der Waals surface area contributed by atoms with Gasteiger partial charge >= 0.3 is 0 Å². The molecule has 0 saturated carbocycles. The van der Waals surface area contributed by atoms with Gasteiger partial charge in [-0.05, 0) is 119 Å². The summed E-state index contributed by atoms with van der Waals surface area (Å²) in [6, 6.07) is 25.9. The molecule has 0 radical (unpaired) electrons. The highest BCUT2D eigenvalue weighted by atomic mass is 35.5. The molecule has 0 bridgehead atoms. The maximum atomic E-state index is 6.63. The van der Waals surface area contributed by atoms with Crippen molar-refractivity contribution in [2.24, 2.45) is 0 Å². The monoisotopic (exact) mass is 574 g/mol. The molecule has 0 amide bonds. The third-order valence-electron chi connectivity index (χ3n) is 8.25. The summed E-state index contributed by atoms with van der Waals surface area (Å²) >= 11 is 13.3. The van der Waals surface area contributed by atoms with Gasteiger partial charge < -0.3 is 0 Å². The third-order valence-corrected chi connectivity index (χ3v) is 8.72. The number of allylic oxidation sites excluding steroid dienone is 4. The van der Waals surface area contributed by atoms with E-state index in [0.29, 0.717) is 0 Å². The van der Waals surface area contributed by atoms with E-state index >= 15 is 0 Å². The van der Waals surface area contributed by atoms with E-state index in [0.717, 1.165) is 33.2 Å². The van der Waals surface area contributed by atoms with Crippen LogP contribution < -0.4 is 10.4 Å². The van der Waals surface area contributed by atoms with E-state index in [1.807, 2.05) is 24.3 Å². The van der Waals surface area contributed by atoms with Crippen molar-refractivity contribution in [3.8, 4) is 0 Å². The number of hydrogen-bond acceptors (Lipinski definition) is 0. The molecule has 41 heavy (non-hydrogen) atoms. The molecule has 2 heteroatoms. The van der Waals surface area contributed by atoms with E-state index < -0.39 is 0 Å². The predicted molar refractivity (Wildman–Crippen MR) is 177 cm³/mol. The highest BCUT2D eigenvalue weighted by molar-refractivity contribution is 6.31. The fourth-order valence-electron chi connectivity index (χ4n) is 6.17. The summed E-state index contributed by atoms with van der Waals surface area (Å²) in [4.78, 5) is 0. The Kier molecular flexibility index (Phi) is 6.92. The second-order valence-electron chi connectivity index (χ2n) is 13.3. The van der Waals surface area contributed by atoms with E-state index in [-0.39, 0.29) is 10.8 Å². The van der Waals surface area contributed by atoms with Crippen molar-refractivity contribution >= 4 is 40.4 Å². The zero-order valence-corrected chi connectivity index (χ0v) is 26.2. The van der Waals surface area contributed by atoms with Gasteiger partial charge in [-0.25, -0.2) is 0 Å². The van der Waals surface area contributed by atoms with Gasteiger partial charge in [0, 0.05) is 10.0 Å². The molecule has 0 aromatic heterocycles. The molecule has 6 rings (SSSR count). The van der Waals surface area contributed by atoms with Gasteiger partial charge in [0.15, 0.2) is 0 Å². The maximum Gasteiger partial charge on any atom is 0.0412 e. The van der Waals surface area contributed by atoms with E-state index in [1.165, 1.54) is 48.7 Å². The summed E-state index contributed by atoms with van der Waals surface area (Å²) in [7, 11) is 0. The van der Waals surface area contributed by atoms with Gasteiger partial charge in [-0.2, -0.15) is 0 Å². The van der Waals surface area contributed by atoms with Crippen molar-refractivity contribution in [1.29, 1.82) is 0 Å². The van der Waals surface area contributed by atoms with Crippen molar-refractivity contribution in [2.75, 3.05) is 0 Å². The lowest BCUT2D eigenvalue weighted by molar-refractivity contribution is 0.584. The van der Waals surface area contributed by atoms with Gasteiger partial charge in [0.05, 0.1) is 0 Å². The van der Waals surface area contributed by atoms with Crippen LogP contribution >= 0.6 is 23.2 Å². The molecule has 4 aromatic carbocycles. The van der Waals surface area contributed by atoms with Crippen molar-refractivity contribution in [3.05, 3.63) is 155 Å². The van der Waals surface area contributed by atoms with E-state index in [9.17, 15) is 0 Å². The minimum absolute atomic E-state index is 0.0748. The minimum atomic E-state index is -0.126. The molecule has 2 aliphatic carbocycles. The highest BCUT2D eigenvalue weighted by Crippen LogP contribution is 2.35. The Bertz CT molecular complexity index is 1940. The standard InChI is InChI=1S/C39H36Cl2/c1-38(2,3)28-18-17-25-21-33-32(31(25)22-28)23-34(39(4,5)6)37(36(33)24-11-7-8-12-24)35(26-13-9-15-29(40)19-26)27-14-10-16-30(41)20-27/h7-11,13-23H,12H2,1-6H3. The van der Waals surface area contributed by atoms with Gasteiger partial charge in [0.2, 0.25) is 0 Å². The first-order valence-corrected chi connectivity index (χ1v) is 15.1. The summed E-state index contributed by atoms with van der Waals surface area (Å²) in [5.41, 5.74) is 9.89. The van der Waals surface area contributed by atoms with Crippen molar-refractivity contribution in [3.63, 3.8) is 0 Å². The molecule has 0 atom stereocenters. The van der Waals surface area contributed by atoms with Gasteiger partial charge in [0.1, 0.15) is 0 Å². The number of benzene rings is 4. The first kappa shape index (κ1) is 27.8. The van der Waals surface area contributed by atoms with Crippen LogP contribution in [0.5, 0.6) is 0 Å². The van der Waals surface area contributed by atoms with Crippen molar-refractivity contribution in [2.45, 2.75) is 58.8 Å². The third kappa shape index (κ3) is 5.14. The SMILES string of the molecule is CC(C)(C)c1ccc2c(c1)=c1cc(C(C)(C)C)c(=C(c3cccc(Cl)c3)c3cccc(Cl)c3)c(C3=CC=CC3)c1C=2. The van der Waals surface area contributed by atoms with E-state index in [2.05, 4.69) is 114 Å². The molecule has 0 nitrogen and oxygen atoms in total. The molecule has 2 aliphatic rings. The summed E-state index contributed by atoms with van der Waals surface area (Å²) in [6.07, 6.45) is 10.0. The lowest BCUT2D eigenvalue weighted by atomic mass is 9.78. The minimum Gasteiger partial charge on any atom is -0.0843 e. The number of halogens is 2. The summed E-state index contributed by atoms with van der Waals surface area (Å²) in [5.74, 6) is 0. The Morgan fingerprint density at radius 2 is 1.37 bits per heavy atom.